The molecule has 0 radical (unpaired) electrons. The minimum Gasteiger partial charge on any atom is -0.486 e. The first kappa shape index (κ1) is 22.0. The second-order valence-electron chi connectivity index (χ2n) is 7.38. The molecule has 30 heavy (non-hydrogen) atoms. The van der Waals surface area contributed by atoms with E-state index in [0.29, 0.717) is 30.4 Å². The molecule has 0 spiro atoms. The molecule has 0 aromatic heterocycles. The van der Waals surface area contributed by atoms with Gasteiger partial charge in [0.2, 0.25) is 15.9 Å². The molecule has 0 aliphatic carbocycles. The fraction of sp³-hybridized carbons (Fsp3) is 0.409. The number of nitrogens with zero attached hydrogens (tertiary/aromatic N) is 1. The second-order valence-corrected chi connectivity index (χ2v) is 9.57. The van der Waals surface area contributed by atoms with Gasteiger partial charge in [-0.3, -0.25) is 9.10 Å². The van der Waals surface area contributed by atoms with E-state index < -0.39 is 10.0 Å². The molecule has 1 heterocycles. The average molecular weight is 433 g/mol. The molecule has 0 saturated carbocycles. The Bertz CT molecular complexity index is 1040. The summed E-state index contributed by atoms with van der Waals surface area (Å²) in [6.07, 6.45) is 0. The van der Waals surface area contributed by atoms with E-state index in [1.54, 1.807) is 25.1 Å². The third-order valence-corrected chi connectivity index (χ3v) is 6.81. The van der Waals surface area contributed by atoms with Crippen LogP contribution in [0.2, 0.25) is 0 Å². The third kappa shape index (κ3) is 4.87. The number of hydrogen-bond donors (Lipinski definition) is 1. The van der Waals surface area contributed by atoms with E-state index >= 15 is 0 Å². The third-order valence-electron chi connectivity index (χ3n) is 5.07. The molecule has 2 aromatic rings. The van der Waals surface area contributed by atoms with Gasteiger partial charge in [-0.1, -0.05) is 23.8 Å². The Hall–Kier alpha value is -2.74. The van der Waals surface area contributed by atoms with E-state index in [1.807, 2.05) is 32.9 Å². The van der Waals surface area contributed by atoms with E-state index in [-0.39, 0.29) is 24.2 Å². The lowest BCUT2D eigenvalue weighted by molar-refractivity contribution is -0.120. The lowest BCUT2D eigenvalue weighted by Crippen LogP contribution is -2.42. The molecule has 0 saturated heterocycles. The molecule has 7 nitrogen and oxygen atoms in total. The maximum Gasteiger partial charge on any atom is 0.241 e. The van der Waals surface area contributed by atoms with E-state index in [0.717, 1.165) is 21.0 Å². The summed E-state index contributed by atoms with van der Waals surface area (Å²) in [6.45, 7) is 7.97. The van der Waals surface area contributed by atoms with Gasteiger partial charge in [-0.05, 0) is 51.0 Å². The summed E-state index contributed by atoms with van der Waals surface area (Å²) in [5.74, 6) is 0.529. The van der Waals surface area contributed by atoms with Crippen LogP contribution < -0.4 is 19.1 Å². The lowest BCUT2D eigenvalue weighted by Gasteiger charge is -2.26. The Morgan fingerprint density at radius 3 is 2.47 bits per heavy atom. The van der Waals surface area contributed by atoms with Gasteiger partial charge in [-0.15, -0.1) is 0 Å². The number of ether oxygens (including phenoxy) is 2. The molecule has 3 rings (SSSR count). The molecule has 0 unspecified atom stereocenters. The monoisotopic (exact) mass is 432 g/mol. The number of anilines is 1. The van der Waals surface area contributed by atoms with Crippen LogP contribution in [0.5, 0.6) is 11.5 Å². The van der Waals surface area contributed by atoms with Gasteiger partial charge in [0.25, 0.3) is 0 Å². The number of amides is 1. The zero-order chi connectivity index (χ0) is 21.9. The summed E-state index contributed by atoms with van der Waals surface area (Å²) >= 11 is 0. The molecule has 8 heteroatoms. The van der Waals surface area contributed by atoms with Gasteiger partial charge >= 0.3 is 0 Å². The molecular weight excluding hydrogens is 404 g/mol. The number of benzene rings is 2. The van der Waals surface area contributed by atoms with Crippen LogP contribution in [0.4, 0.5) is 5.69 Å². The number of hydrogen-bond acceptors (Lipinski definition) is 5. The number of aryl methyl sites for hydroxylation is 2. The van der Waals surface area contributed by atoms with E-state index in [1.165, 1.54) is 0 Å². The predicted octanol–water partition coefficient (Wildman–Crippen LogP) is 3.11. The van der Waals surface area contributed by atoms with Gasteiger partial charge in [0.15, 0.2) is 11.5 Å². The molecular formula is C22H28N2O5S. The first-order chi connectivity index (χ1) is 14.2. The second kappa shape index (κ2) is 8.95. The van der Waals surface area contributed by atoms with Crippen molar-refractivity contribution < 1.29 is 22.7 Å². The summed E-state index contributed by atoms with van der Waals surface area (Å²) in [5, 5.41) is 2.91. The van der Waals surface area contributed by atoms with Crippen LogP contribution >= 0.6 is 0 Å². The number of carbonyl (C=O) groups is 1. The number of carbonyl (C=O) groups excluding carboxylic acids is 1. The van der Waals surface area contributed by atoms with Crippen molar-refractivity contribution in [3.8, 4) is 11.5 Å². The van der Waals surface area contributed by atoms with Crippen molar-refractivity contribution in [2.24, 2.45) is 0 Å². The minimum absolute atomic E-state index is 0.124. The Kier molecular flexibility index (Phi) is 6.55. The van der Waals surface area contributed by atoms with E-state index in [9.17, 15) is 13.2 Å². The largest absolute Gasteiger partial charge is 0.486 e. The smallest absolute Gasteiger partial charge is 0.241 e. The highest BCUT2D eigenvalue weighted by Crippen LogP contribution is 2.34. The van der Waals surface area contributed by atoms with Crippen molar-refractivity contribution in [1.29, 1.82) is 0 Å². The Labute approximate surface area is 178 Å². The van der Waals surface area contributed by atoms with Crippen LogP contribution in [0.15, 0.2) is 36.4 Å². The molecule has 1 aliphatic heterocycles. The van der Waals surface area contributed by atoms with Crippen molar-refractivity contribution >= 4 is 21.6 Å². The summed E-state index contributed by atoms with van der Waals surface area (Å²) in [4.78, 5) is 12.8. The van der Waals surface area contributed by atoms with Crippen molar-refractivity contribution in [3.63, 3.8) is 0 Å². The normalized spacial score (nSPS) is 14.1. The highest BCUT2D eigenvalue weighted by Gasteiger charge is 2.26. The predicted molar refractivity (Wildman–Crippen MR) is 117 cm³/mol. The number of rotatable bonds is 7. The summed E-state index contributed by atoms with van der Waals surface area (Å²) in [5.41, 5.74) is 3.59. The summed E-state index contributed by atoms with van der Waals surface area (Å²) < 4.78 is 37.6. The molecule has 1 amide bonds. The van der Waals surface area contributed by atoms with Crippen molar-refractivity contribution in [1.82, 2.24) is 5.32 Å². The maximum absolute atomic E-state index is 12.8. The fourth-order valence-electron chi connectivity index (χ4n) is 3.50. The van der Waals surface area contributed by atoms with Gasteiger partial charge in [0.05, 0.1) is 17.5 Å². The Morgan fingerprint density at radius 1 is 1.10 bits per heavy atom. The van der Waals surface area contributed by atoms with Crippen LogP contribution in [0.3, 0.4) is 0 Å². The maximum atomic E-state index is 12.8. The summed E-state index contributed by atoms with van der Waals surface area (Å²) in [6, 6.07) is 10.7. The molecule has 1 aliphatic rings. The van der Waals surface area contributed by atoms with Crippen LogP contribution in [-0.4, -0.2) is 39.8 Å². The average Bonchev–Trinajstić information content (AvgIpc) is 2.71. The zero-order valence-electron chi connectivity index (χ0n) is 17.8. The van der Waals surface area contributed by atoms with E-state index in [2.05, 4.69) is 11.4 Å². The lowest BCUT2D eigenvalue weighted by atomic mass is 10.0. The van der Waals surface area contributed by atoms with Crippen LogP contribution in [0, 0.1) is 13.8 Å². The fourth-order valence-corrected chi connectivity index (χ4v) is 4.56. The molecule has 2 aromatic carbocycles. The molecule has 1 atom stereocenters. The first-order valence-electron chi connectivity index (χ1n) is 9.98. The molecule has 162 valence electrons. The summed E-state index contributed by atoms with van der Waals surface area (Å²) in [7, 11) is -3.67. The highest BCUT2D eigenvalue weighted by molar-refractivity contribution is 7.92. The Morgan fingerprint density at radius 2 is 1.80 bits per heavy atom. The number of fused-ring (bicyclic) bond motifs is 1. The number of sulfonamides is 1. The first-order valence-corrected chi connectivity index (χ1v) is 11.6. The van der Waals surface area contributed by atoms with Gasteiger partial charge in [-0.2, -0.15) is 0 Å². The topological polar surface area (TPSA) is 84.9 Å². The van der Waals surface area contributed by atoms with Crippen molar-refractivity contribution in [3.05, 3.63) is 53.1 Å². The Balaban J connectivity index is 1.81. The van der Waals surface area contributed by atoms with Gasteiger partial charge < -0.3 is 14.8 Å². The van der Waals surface area contributed by atoms with Crippen LogP contribution in [-0.2, 0) is 14.8 Å². The molecule has 0 bridgehead atoms. The quantitative estimate of drug-likeness (QED) is 0.727. The van der Waals surface area contributed by atoms with Crippen molar-refractivity contribution in [2.75, 3.05) is 29.8 Å². The van der Waals surface area contributed by atoms with Crippen molar-refractivity contribution in [2.45, 2.75) is 33.7 Å². The van der Waals surface area contributed by atoms with E-state index in [4.69, 9.17) is 9.47 Å². The van der Waals surface area contributed by atoms with Gasteiger partial charge in [-0.25, -0.2) is 8.42 Å². The standard InChI is InChI=1S/C22H28N2O5S/c1-5-30(26,27)24(18-7-9-20-21(13-18)29-11-10-28-20)14-22(25)23-17(4)19-8-6-15(2)12-16(19)3/h6-9,12-13,17H,5,10-11,14H2,1-4H3,(H,23,25)/t17-/m1/s1. The zero-order valence-corrected chi connectivity index (χ0v) is 18.6. The van der Waals surface area contributed by atoms with Crippen LogP contribution in [0.25, 0.3) is 0 Å². The minimum atomic E-state index is -3.67. The van der Waals surface area contributed by atoms with Gasteiger partial charge in [0, 0.05) is 6.07 Å². The highest BCUT2D eigenvalue weighted by atomic mass is 32.2. The van der Waals surface area contributed by atoms with Crippen LogP contribution in [0.1, 0.15) is 36.6 Å². The molecule has 1 N–H and O–H groups in total. The SMILES string of the molecule is CCS(=O)(=O)N(CC(=O)N[C@H](C)c1ccc(C)cc1C)c1ccc2c(c1)OCCO2. The van der Waals surface area contributed by atoms with Gasteiger partial charge in [0.1, 0.15) is 19.8 Å². The molecule has 0 fully saturated rings. The number of nitrogens with one attached hydrogen (secondary N) is 1.